The number of sulfonamides is 1. The van der Waals surface area contributed by atoms with Crippen LogP contribution in [0.1, 0.15) is 12.5 Å². The average Bonchev–Trinajstić information content (AvgIpc) is 2.70. The first-order valence-corrected chi connectivity index (χ1v) is 12.9. The number of fused-ring (bicyclic) bond motifs is 2. The summed E-state index contributed by atoms with van der Waals surface area (Å²) >= 11 is 6.09. The van der Waals surface area contributed by atoms with Gasteiger partial charge in [-0.2, -0.15) is 0 Å². The lowest BCUT2D eigenvalue weighted by Crippen LogP contribution is -2.51. The number of nitrogens with one attached hydrogen (secondary N) is 2. The summed E-state index contributed by atoms with van der Waals surface area (Å²) in [4.78, 5) is 17.6. The number of sulfone groups is 1. The molecule has 1 aliphatic heterocycles. The molecule has 1 aromatic heterocycles. The van der Waals surface area contributed by atoms with Crippen molar-refractivity contribution in [1.82, 2.24) is 9.71 Å². The predicted molar refractivity (Wildman–Crippen MR) is 117 cm³/mol. The van der Waals surface area contributed by atoms with Crippen molar-refractivity contribution in [2.75, 3.05) is 18.1 Å². The van der Waals surface area contributed by atoms with Crippen molar-refractivity contribution >= 4 is 53.8 Å². The summed E-state index contributed by atoms with van der Waals surface area (Å²) in [5, 5.41) is 4.27. The van der Waals surface area contributed by atoms with Gasteiger partial charge in [-0.05, 0) is 42.8 Å². The minimum atomic E-state index is -3.75. The molecule has 31 heavy (non-hydrogen) atoms. The molecular formula is C20H18ClN3O5S2. The Morgan fingerprint density at radius 2 is 1.94 bits per heavy atom. The van der Waals surface area contributed by atoms with E-state index < -0.39 is 31.2 Å². The van der Waals surface area contributed by atoms with Crippen LogP contribution < -0.4 is 10.0 Å². The summed E-state index contributed by atoms with van der Waals surface area (Å²) in [7, 11) is -7.15. The number of pyridine rings is 1. The molecule has 2 aromatic carbocycles. The monoisotopic (exact) mass is 479 g/mol. The summed E-state index contributed by atoms with van der Waals surface area (Å²) in [5.41, 5.74) is -0.565. The average molecular weight is 480 g/mol. The Hall–Kier alpha value is -2.53. The van der Waals surface area contributed by atoms with Crippen LogP contribution in [0.25, 0.3) is 10.8 Å². The molecule has 1 aliphatic rings. The molecular weight excluding hydrogens is 462 g/mol. The second-order valence-corrected chi connectivity index (χ2v) is 11.8. The van der Waals surface area contributed by atoms with Crippen LogP contribution in [-0.4, -0.2) is 40.5 Å². The van der Waals surface area contributed by atoms with Gasteiger partial charge in [-0.25, -0.2) is 21.6 Å². The van der Waals surface area contributed by atoms with Gasteiger partial charge in [0.25, 0.3) is 0 Å². The highest BCUT2D eigenvalue weighted by atomic mass is 35.5. The smallest absolute Gasteiger partial charge is 0.240 e. The molecule has 0 fully saturated rings. The molecule has 2 N–H and O–H groups in total. The summed E-state index contributed by atoms with van der Waals surface area (Å²) in [5.74, 6) is -0.458. The van der Waals surface area contributed by atoms with Crippen molar-refractivity contribution in [3.05, 3.63) is 59.4 Å². The van der Waals surface area contributed by atoms with Gasteiger partial charge in [0.2, 0.25) is 15.9 Å². The summed E-state index contributed by atoms with van der Waals surface area (Å²) in [6.07, 6.45) is 4.07. The van der Waals surface area contributed by atoms with Gasteiger partial charge in [0.15, 0.2) is 9.84 Å². The Labute approximate surface area is 184 Å². The van der Waals surface area contributed by atoms with Crippen molar-refractivity contribution < 1.29 is 21.6 Å². The van der Waals surface area contributed by atoms with Gasteiger partial charge < -0.3 is 5.32 Å². The van der Waals surface area contributed by atoms with Crippen molar-refractivity contribution in [2.45, 2.75) is 22.1 Å². The Morgan fingerprint density at radius 1 is 1.19 bits per heavy atom. The van der Waals surface area contributed by atoms with Crippen molar-refractivity contribution in [3.8, 4) is 0 Å². The first-order chi connectivity index (χ1) is 14.4. The number of hydrogen-bond donors (Lipinski definition) is 2. The zero-order valence-corrected chi connectivity index (χ0v) is 18.9. The molecule has 0 saturated heterocycles. The van der Waals surface area contributed by atoms with Crippen LogP contribution in [0.5, 0.6) is 0 Å². The van der Waals surface area contributed by atoms with Crippen LogP contribution >= 0.6 is 11.6 Å². The highest BCUT2D eigenvalue weighted by Crippen LogP contribution is 2.37. The maximum absolute atomic E-state index is 13.3. The Morgan fingerprint density at radius 3 is 2.65 bits per heavy atom. The summed E-state index contributed by atoms with van der Waals surface area (Å²) < 4.78 is 50.9. The third-order valence-corrected chi connectivity index (χ3v) is 8.15. The van der Waals surface area contributed by atoms with E-state index in [1.807, 2.05) is 0 Å². The number of nitrogens with zero attached hydrogens (tertiary/aromatic N) is 1. The number of carbonyl (C=O) groups is 1. The van der Waals surface area contributed by atoms with Crippen LogP contribution in [0.15, 0.2) is 58.6 Å². The quantitative estimate of drug-likeness (QED) is 0.595. The van der Waals surface area contributed by atoms with E-state index in [0.29, 0.717) is 27.0 Å². The fourth-order valence-electron chi connectivity index (χ4n) is 3.53. The first kappa shape index (κ1) is 21.7. The topological polar surface area (TPSA) is 122 Å². The minimum absolute atomic E-state index is 0.00496. The third kappa shape index (κ3) is 3.80. The van der Waals surface area contributed by atoms with E-state index in [0.717, 1.165) is 6.26 Å². The SMILES string of the molecule is CC1(C(=O)Nc2cncc3cc(S(C)(=O)=O)ccc23)CNS(=O)(=O)c2ccc(Cl)cc21. The largest absolute Gasteiger partial charge is 0.323 e. The number of aromatic nitrogens is 1. The number of hydrogen-bond acceptors (Lipinski definition) is 6. The van der Waals surface area contributed by atoms with Crippen LogP contribution in [0.3, 0.4) is 0 Å². The molecule has 0 aliphatic carbocycles. The predicted octanol–water partition coefficient (Wildman–Crippen LogP) is 2.48. The van der Waals surface area contributed by atoms with E-state index in [4.69, 9.17) is 11.6 Å². The second-order valence-electron chi connectivity index (χ2n) is 7.59. The Bertz CT molecular complexity index is 1450. The van der Waals surface area contributed by atoms with Crippen LogP contribution in [-0.2, 0) is 30.1 Å². The number of anilines is 1. The second kappa shape index (κ2) is 7.27. The van der Waals surface area contributed by atoms with Crippen molar-refractivity contribution in [1.29, 1.82) is 0 Å². The van der Waals surface area contributed by atoms with E-state index in [9.17, 15) is 21.6 Å². The number of halogens is 1. The van der Waals surface area contributed by atoms with Crippen LogP contribution in [0.4, 0.5) is 5.69 Å². The Kier molecular flexibility index (Phi) is 5.08. The van der Waals surface area contributed by atoms with E-state index in [-0.39, 0.29) is 16.3 Å². The minimum Gasteiger partial charge on any atom is -0.323 e. The third-order valence-electron chi connectivity index (χ3n) is 5.35. The maximum Gasteiger partial charge on any atom is 0.240 e. The van der Waals surface area contributed by atoms with E-state index in [1.54, 1.807) is 13.0 Å². The lowest BCUT2D eigenvalue weighted by Gasteiger charge is -2.34. The number of carbonyl (C=O) groups excluding carboxylic acids is 1. The van der Waals surface area contributed by atoms with Crippen LogP contribution in [0, 0.1) is 0 Å². The molecule has 4 rings (SSSR count). The molecule has 0 saturated carbocycles. The zero-order chi connectivity index (χ0) is 22.6. The maximum atomic E-state index is 13.3. The zero-order valence-electron chi connectivity index (χ0n) is 16.5. The standard InChI is InChI=1S/C20H18ClN3O5S2/c1-20(11-23-31(28,29)18-6-3-13(21)8-16(18)20)19(25)24-17-10-22-9-12-7-14(30(2,26)27)4-5-15(12)17/h3-10,23H,11H2,1-2H3,(H,24,25). The Balaban J connectivity index is 1.77. The van der Waals surface area contributed by atoms with Gasteiger partial charge in [0.05, 0.1) is 27.1 Å². The molecule has 162 valence electrons. The van der Waals surface area contributed by atoms with E-state index in [1.165, 1.54) is 42.7 Å². The number of rotatable bonds is 3. The molecule has 11 heteroatoms. The van der Waals surface area contributed by atoms with Gasteiger partial charge in [0.1, 0.15) is 0 Å². The summed E-state index contributed by atoms with van der Waals surface area (Å²) in [6, 6.07) is 8.85. The molecule has 3 aromatic rings. The van der Waals surface area contributed by atoms with E-state index >= 15 is 0 Å². The molecule has 0 bridgehead atoms. The molecule has 1 amide bonds. The van der Waals surface area contributed by atoms with Gasteiger partial charge >= 0.3 is 0 Å². The molecule has 1 atom stereocenters. The highest BCUT2D eigenvalue weighted by Gasteiger charge is 2.44. The fourth-order valence-corrected chi connectivity index (χ4v) is 5.81. The van der Waals surface area contributed by atoms with Crippen LogP contribution in [0.2, 0.25) is 5.02 Å². The summed E-state index contributed by atoms with van der Waals surface area (Å²) in [6.45, 7) is 1.48. The molecule has 8 nitrogen and oxygen atoms in total. The fraction of sp³-hybridized carbons (Fsp3) is 0.200. The van der Waals surface area contributed by atoms with Crippen molar-refractivity contribution in [3.63, 3.8) is 0 Å². The lowest BCUT2D eigenvalue weighted by atomic mass is 9.81. The molecule has 1 unspecified atom stereocenters. The van der Waals surface area contributed by atoms with Gasteiger partial charge in [0, 0.05) is 34.8 Å². The van der Waals surface area contributed by atoms with Gasteiger partial charge in [-0.3, -0.25) is 9.78 Å². The number of benzene rings is 2. The number of amides is 1. The molecule has 0 spiro atoms. The normalized spacial score (nSPS) is 20.2. The lowest BCUT2D eigenvalue weighted by molar-refractivity contribution is -0.120. The highest BCUT2D eigenvalue weighted by molar-refractivity contribution is 7.90. The molecule has 0 radical (unpaired) electrons. The van der Waals surface area contributed by atoms with E-state index in [2.05, 4.69) is 15.0 Å². The van der Waals surface area contributed by atoms with Gasteiger partial charge in [-0.15, -0.1) is 0 Å². The molecule has 2 heterocycles. The van der Waals surface area contributed by atoms with Crippen molar-refractivity contribution in [2.24, 2.45) is 0 Å². The first-order valence-electron chi connectivity index (χ1n) is 9.11. The van der Waals surface area contributed by atoms with Gasteiger partial charge in [-0.1, -0.05) is 17.7 Å².